The Bertz CT molecular complexity index is 581. The van der Waals surface area contributed by atoms with Gasteiger partial charge in [0.1, 0.15) is 5.15 Å². The van der Waals surface area contributed by atoms with Gasteiger partial charge in [-0.2, -0.15) is 0 Å². The summed E-state index contributed by atoms with van der Waals surface area (Å²) in [4.78, 5) is 9.99. The van der Waals surface area contributed by atoms with E-state index in [0.29, 0.717) is 11.1 Å². The van der Waals surface area contributed by atoms with Crippen molar-refractivity contribution in [2.75, 3.05) is 0 Å². The van der Waals surface area contributed by atoms with Crippen LogP contribution in [0, 0.1) is 0 Å². The molecule has 0 unspecified atom stereocenters. The van der Waals surface area contributed by atoms with Crippen LogP contribution < -0.4 is 0 Å². The molecule has 0 aliphatic heterocycles. The average Bonchev–Trinajstić information content (AvgIpc) is 3.05. The van der Waals surface area contributed by atoms with E-state index in [-0.39, 0.29) is 0 Å². The third-order valence-electron chi connectivity index (χ3n) is 2.59. The van der Waals surface area contributed by atoms with Gasteiger partial charge in [0.05, 0.1) is 15.0 Å². The number of aromatic nitrogens is 2. The van der Waals surface area contributed by atoms with Crippen LogP contribution >= 0.6 is 54.8 Å². The van der Waals surface area contributed by atoms with Crippen molar-refractivity contribution in [3.63, 3.8) is 0 Å². The quantitative estimate of drug-likeness (QED) is 0.649. The van der Waals surface area contributed by atoms with Gasteiger partial charge in [-0.3, -0.25) is 0 Å². The molecule has 0 atom stereocenters. The highest BCUT2D eigenvalue weighted by atomic mass is 79.9. The number of hydrogen-bond acceptors (Lipinski definition) is 3. The summed E-state index contributed by atoms with van der Waals surface area (Å²) in [5.74, 6) is 1.27. The molecule has 2 nitrogen and oxygen atoms in total. The molecule has 1 fully saturated rings. The average molecular weight is 395 g/mol. The van der Waals surface area contributed by atoms with E-state index < -0.39 is 0 Å². The molecule has 1 aliphatic carbocycles. The summed E-state index contributed by atoms with van der Waals surface area (Å²) in [6.07, 6.45) is 2.39. The van der Waals surface area contributed by atoms with Crippen LogP contribution in [0.2, 0.25) is 5.15 Å². The van der Waals surface area contributed by atoms with Gasteiger partial charge < -0.3 is 0 Å². The highest BCUT2D eigenvalue weighted by Crippen LogP contribution is 2.44. The smallest absolute Gasteiger partial charge is 0.171 e. The monoisotopic (exact) mass is 392 g/mol. The lowest BCUT2D eigenvalue weighted by molar-refractivity contribution is 0.982. The van der Waals surface area contributed by atoms with Crippen molar-refractivity contribution < 1.29 is 0 Å². The van der Waals surface area contributed by atoms with Crippen LogP contribution in [0.4, 0.5) is 0 Å². The van der Waals surface area contributed by atoms with Crippen LogP contribution in [0.5, 0.6) is 0 Å². The Morgan fingerprint density at radius 1 is 1.29 bits per heavy atom. The van der Waals surface area contributed by atoms with Crippen LogP contribution in [0.3, 0.4) is 0 Å². The predicted molar refractivity (Wildman–Crippen MR) is 77.7 cm³/mol. The molecule has 0 spiro atoms. The first-order valence-corrected chi connectivity index (χ1v) is 7.97. The van der Waals surface area contributed by atoms with Crippen LogP contribution in [0.15, 0.2) is 20.4 Å². The molecule has 2 aromatic rings. The van der Waals surface area contributed by atoms with E-state index in [1.54, 1.807) is 11.3 Å². The largest absolute Gasteiger partial charge is 0.231 e. The fourth-order valence-electron chi connectivity index (χ4n) is 1.60. The molecule has 0 amide bonds. The summed E-state index contributed by atoms with van der Waals surface area (Å²) in [5.41, 5.74) is 1.05. The van der Waals surface area contributed by atoms with Gasteiger partial charge in [-0.15, -0.1) is 11.3 Å². The first-order valence-electron chi connectivity index (χ1n) is 5.12. The van der Waals surface area contributed by atoms with E-state index in [0.717, 1.165) is 25.3 Å². The lowest BCUT2D eigenvalue weighted by Crippen LogP contribution is -1.96. The van der Waals surface area contributed by atoms with E-state index in [2.05, 4.69) is 41.8 Å². The molecule has 0 radical (unpaired) electrons. The van der Waals surface area contributed by atoms with Gasteiger partial charge >= 0.3 is 0 Å². The second-order valence-corrected chi connectivity index (χ2v) is 6.92. The minimum Gasteiger partial charge on any atom is -0.231 e. The van der Waals surface area contributed by atoms with Gasteiger partial charge in [0.15, 0.2) is 5.82 Å². The maximum Gasteiger partial charge on any atom is 0.171 e. The maximum absolute atomic E-state index is 6.14. The van der Waals surface area contributed by atoms with Crippen molar-refractivity contribution >= 4 is 54.8 Å². The number of rotatable bonds is 2. The third-order valence-corrected chi connectivity index (χ3v) is 5.56. The molecule has 0 aromatic carbocycles. The number of hydrogen-bond donors (Lipinski definition) is 0. The summed E-state index contributed by atoms with van der Waals surface area (Å²) in [6, 6.07) is 2.01. The molecular formula is C11H7Br2ClN2S. The highest BCUT2D eigenvalue weighted by molar-refractivity contribution is 9.10. The normalized spacial score (nSPS) is 15.2. The number of halogens is 3. The number of nitrogens with zero attached hydrogens (tertiary/aromatic N) is 2. The zero-order valence-electron chi connectivity index (χ0n) is 8.58. The van der Waals surface area contributed by atoms with E-state index in [9.17, 15) is 0 Å². The summed E-state index contributed by atoms with van der Waals surface area (Å²) >= 11 is 14.7. The molecule has 88 valence electrons. The van der Waals surface area contributed by atoms with E-state index in [4.69, 9.17) is 11.6 Å². The molecule has 0 bridgehead atoms. The zero-order valence-corrected chi connectivity index (χ0v) is 13.3. The standard InChI is InChI=1S/C11H7Br2ClN2S/c12-6-3-7(17-4-6)11-15-9(5-1-2-5)8(13)10(14)16-11/h3-5H,1-2H2. The second kappa shape index (κ2) is 4.61. The van der Waals surface area contributed by atoms with E-state index in [1.165, 1.54) is 12.8 Å². The molecule has 6 heteroatoms. The van der Waals surface area contributed by atoms with Crippen LogP contribution in [0.1, 0.15) is 24.5 Å². The Labute approximate surface area is 125 Å². The summed E-state index contributed by atoms with van der Waals surface area (Å²) < 4.78 is 1.90. The van der Waals surface area contributed by atoms with Crippen molar-refractivity contribution in [2.24, 2.45) is 0 Å². The Hall–Kier alpha value is 0.0300. The van der Waals surface area contributed by atoms with Gasteiger partial charge in [0.2, 0.25) is 0 Å². The lowest BCUT2D eigenvalue weighted by atomic mass is 10.3. The molecule has 3 rings (SSSR count). The summed E-state index contributed by atoms with van der Waals surface area (Å²) in [7, 11) is 0. The fraction of sp³-hybridized carbons (Fsp3) is 0.273. The van der Waals surface area contributed by atoms with Crippen molar-refractivity contribution in [1.29, 1.82) is 0 Å². The van der Waals surface area contributed by atoms with Gasteiger partial charge in [-0.1, -0.05) is 11.6 Å². The third kappa shape index (κ3) is 2.43. The molecule has 1 aliphatic rings. The minimum atomic E-state index is 0.501. The first kappa shape index (κ1) is 12.1. The molecule has 1 saturated carbocycles. The van der Waals surface area contributed by atoms with Gasteiger partial charge in [0, 0.05) is 15.8 Å². The molecule has 17 heavy (non-hydrogen) atoms. The van der Waals surface area contributed by atoms with Gasteiger partial charge in [-0.05, 0) is 50.8 Å². The van der Waals surface area contributed by atoms with Crippen molar-refractivity contribution in [2.45, 2.75) is 18.8 Å². The Balaban J connectivity index is 2.11. The van der Waals surface area contributed by atoms with E-state index >= 15 is 0 Å². The predicted octanol–water partition coefficient (Wildman–Crippen LogP) is 5.26. The molecular weight excluding hydrogens is 387 g/mol. The van der Waals surface area contributed by atoms with Crippen LogP contribution in [-0.4, -0.2) is 9.97 Å². The van der Waals surface area contributed by atoms with Gasteiger partial charge in [0.25, 0.3) is 0 Å². The summed E-state index contributed by atoms with van der Waals surface area (Å²) in [5, 5.41) is 2.52. The Kier molecular flexibility index (Phi) is 3.28. The SMILES string of the molecule is Clc1nc(-c2cc(Br)cs2)nc(C2CC2)c1Br. The second-order valence-electron chi connectivity index (χ2n) is 3.94. The minimum absolute atomic E-state index is 0.501. The molecule has 2 aromatic heterocycles. The lowest BCUT2D eigenvalue weighted by Gasteiger charge is -2.05. The molecule has 2 heterocycles. The van der Waals surface area contributed by atoms with Gasteiger partial charge in [-0.25, -0.2) is 9.97 Å². The van der Waals surface area contributed by atoms with Crippen molar-refractivity contribution in [3.05, 3.63) is 31.2 Å². The van der Waals surface area contributed by atoms with E-state index in [1.807, 2.05) is 11.4 Å². The van der Waals surface area contributed by atoms with Crippen LogP contribution in [-0.2, 0) is 0 Å². The first-order chi connectivity index (χ1) is 8.15. The highest BCUT2D eigenvalue weighted by Gasteiger charge is 2.29. The van der Waals surface area contributed by atoms with Crippen molar-refractivity contribution in [3.8, 4) is 10.7 Å². The van der Waals surface area contributed by atoms with Crippen LogP contribution in [0.25, 0.3) is 10.7 Å². The molecule has 0 N–H and O–H groups in total. The Morgan fingerprint density at radius 3 is 2.65 bits per heavy atom. The fourth-order valence-corrected chi connectivity index (χ4v) is 3.64. The zero-order chi connectivity index (χ0) is 12.0. The van der Waals surface area contributed by atoms with Crippen molar-refractivity contribution in [1.82, 2.24) is 9.97 Å². The molecule has 0 saturated heterocycles. The topological polar surface area (TPSA) is 25.8 Å². The number of thiophene rings is 1. The Morgan fingerprint density at radius 2 is 2.06 bits per heavy atom. The maximum atomic E-state index is 6.14. The summed E-state index contributed by atoms with van der Waals surface area (Å²) in [6.45, 7) is 0.